The second-order valence-electron chi connectivity index (χ2n) is 20.6. The summed E-state index contributed by atoms with van der Waals surface area (Å²) in [5.41, 5.74) is 17.8. The van der Waals surface area contributed by atoms with Crippen molar-refractivity contribution >= 4 is 35.2 Å². The van der Waals surface area contributed by atoms with E-state index in [9.17, 15) is 8.78 Å². The molecule has 0 heterocycles. The first-order valence-electron chi connectivity index (χ1n) is 26.9. The number of benzene rings is 8. The van der Waals surface area contributed by atoms with E-state index in [-0.39, 0.29) is 22.1 Å². The Hall–Kier alpha value is -5.81. The average Bonchev–Trinajstić information content (AvgIpc) is 3.42. The van der Waals surface area contributed by atoms with Crippen molar-refractivity contribution in [3.8, 4) is 55.6 Å². The molecule has 77 heavy (non-hydrogen) atoms. The maximum absolute atomic E-state index is 15.3. The van der Waals surface area contributed by atoms with Crippen LogP contribution in [0, 0.1) is 66.4 Å². The molecule has 2 nitrogen and oxygen atoms in total. The number of hydrogen-bond acceptors (Lipinski definition) is 2. The van der Waals surface area contributed by atoms with Crippen LogP contribution in [0.3, 0.4) is 0 Å². The summed E-state index contributed by atoms with van der Waals surface area (Å²) >= 11 is 1.79. The zero-order valence-corrected chi connectivity index (χ0v) is 48.2. The van der Waals surface area contributed by atoms with E-state index in [1.165, 1.54) is 28.7 Å². The van der Waals surface area contributed by atoms with Crippen molar-refractivity contribution in [2.24, 2.45) is 11.8 Å². The second kappa shape index (κ2) is 29.2. The largest absolute Gasteiger partial charge is 0.488 e. The highest BCUT2D eigenvalue weighted by Gasteiger charge is 2.19. The third kappa shape index (κ3) is 16.1. The van der Waals surface area contributed by atoms with Gasteiger partial charge in [-0.25, -0.2) is 17.6 Å². The van der Waals surface area contributed by atoms with Gasteiger partial charge in [-0.2, -0.15) is 0 Å². The fourth-order valence-corrected chi connectivity index (χ4v) is 10.1. The normalized spacial score (nSPS) is 11.6. The Balaban J connectivity index is 0.000000230. The summed E-state index contributed by atoms with van der Waals surface area (Å²) in [6, 6.07) is 46.6. The predicted molar refractivity (Wildman–Crippen MR) is 329 cm³/mol. The van der Waals surface area contributed by atoms with Crippen molar-refractivity contribution in [1.82, 2.24) is 0 Å². The summed E-state index contributed by atoms with van der Waals surface area (Å²) in [4.78, 5) is 0. The quantitative estimate of drug-likeness (QED) is 0.0438. The lowest BCUT2D eigenvalue weighted by Gasteiger charge is -2.17. The molecule has 0 saturated carbocycles. The smallest absolute Gasteiger partial charge is 0.423 e. The van der Waals surface area contributed by atoms with Crippen molar-refractivity contribution in [2.45, 2.75) is 128 Å². The maximum Gasteiger partial charge on any atom is 0.488 e. The molecule has 2 N–H and O–H groups in total. The predicted octanol–water partition coefficient (Wildman–Crippen LogP) is 19.2. The number of hydrogen-bond donors (Lipinski definition) is 2. The first-order valence-corrected chi connectivity index (χ1v) is 28.0. The molecule has 2 unspecified atom stereocenters. The molecule has 0 aromatic heterocycles. The maximum atomic E-state index is 15.3. The molecular formula is C69H78BF4IO2. The minimum Gasteiger partial charge on any atom is -0.423 e. The van der Waals surface area contributed by atoms with Crippen LogP contribution in [0.2, 0.25) is 0 Å². The highest BCUT2D eigenvalue weighted by Crippen LogP contribution is 2.35. The number of halogens is 5. The zero-order chi connectivity index (χ0) is 55.2. The molecule has 0 aliphatic heterocycles. The molecule has 0 spiro atoms. The van der Waals surface area contributed by atoms with Crippen LogP contribution in [0.15, 0.2) is 146 Å². The van der Waals surface area contributed by atoms with E-state index < -0.39 is 30.4 Å². The molecule has 8 aromatic carbocycles. The molecule has 8 rings (SSSR count). The Labute approximate surface area is 472 Å². The van der Waals surface area contributed by atoms with Gasteiger partial charge in [0.25, 0.3) is 0 Å². The van der Waals surface area contributed by atoms with Crippen molar-refractivity contribution in [3.63, 3.8) is 0 Å². The van der Waals surface area contributed by atoms with Crippen LogP contribution in [0.25, 0.3) is 55.6 Å². The summed E-state index contributed by atoms with van der Waals surface area (Å²) < 4.78 is 58.8. The number of aryl methyl sites for hydroxylation is 6. The average molecular weight is 1150 g/mol. The fourth-order valence-electron chi connectivity index (χ4n) is 9.69. The van der Waals surface area contributed by atoms with E-state index >= 15 is 8.78 Å². The molecule has 0 radical (unpaired) electrons. The van der Waals surface area contributed by atoms with Crippen molar-refractivity contribution in [2.75, 3.05) is 0 Å². The van der Waals surface area contributed by atoms with Gasteiger partial charge in [-0.3, -0.25) is 0 Å². The molecule has 8 aromatic rings. The lowest BCUT2D eigenvalue weighted by Crippen LogP contribution is -2.30. The minimum atomic E-state index is -1.37. The third-order valence-electron chi connectivity index (χ3n) is 14.7. The SMILES string of the molecule is C.CCC(C)Cc1c(C)cc(B(O)O)cc1C.CCCc1ccc(-c2ccc(-c3ccc(-c4cc(C)c(CC(C)CC)c(C)c4)c(F)c3F)cc2)cc1.CCCc1ccc(-c2ccc(-c3ccc(I)c(F)c3F)cc2)cc1. The third-order valence-corrected chi connectivity index (χ3v) is 15.5. The molecule has 0 amide bonds. The van der Waals surface area contributed by atoms with E-state index in [4.69, 9.17) is 10.0 Å². The van der Waals surface area contributed by atoms with Crippen LogP contribution in [-0.4, -0.2) is 17.2 Å². The Morgan fingerprint density at radius 1 is 0.416 bits per heavy atom. The topological polar surface area (TPSA) is 40.5 Å². The van der Waals surface area contributed by atoms with Gasteiger partial charge in [-0.15, -0.1) is 0 Å². The Kier molecular flexibility index (Phi) is 23.6. The lowest BCUT2D eigenvalue weighted by molar-refractivity contribution is 0.425. The molecule has 8 heteroatoms. The lowest BCUT2D eigenvalue weighted by atomic mass is 9.77. The molecule has 0 fully saturated rings. The summed E-state index contributed by atoms with van der Waals surface area (Å²) in [6.45, 7) is 21.4. The van der Waals surface area contributed by atoms with Gasteiger partial charge in [0.15, 0.2) is 23.3 Å². The van der Waals surface area contributed by atoms with Crippen LogP contribution >= 0.6 is 22.6 Å². The van der Waals surface area contributed by atoms with Crippen LogP contribution in [-0.2, 0) is 25.7 Å². The second-order valence-corrected chi connectivity index (χ2v) is 21.8. The van der Waals surface area contributed by atoms with E-state index in [0.717, 1.165) is 95.0 Å². The van der Waals surface area contributed by atoms with Crippen LogP contribution in [0.1, 0.15) is 119 Å². The first-order chi connectivity index (χ1) is 36.4. The highest BCUT2D eigenvalue weighted by molar-refractivity contribution is 14.1. The van der Waals surface area contributed by atoms with Gasteiger partial charge < -0.3 is 10.0 Å². The van der Waals surface area contributed by atoms with Crippen molar-refractivity contribution < 1.29 is 27.6 Å². The molecule has 2 atom stereocenters. The van der Waals surface area contributed by atoms with Crippen LogP contribution < -0.4 is 5.46 Å². The van der Waals surface area contributed by atoms with Gasteiger partial charge >= 0.3 is 7.12 Å². The van der Waals surface area contributed by atoms with Gasteiger partial charge in [0.2, 0.25) is 0 Å². The summed E-state index contributed by atoms with van der Waals surface area (Å²) in [7, 11) is -1.37. The van der Waals surface area contributed by atoms with Gasteiger partial charge in [-0.05, 0) is 183 Å². The Bertz CT molecular complexity index is 3120. The summed E-state index contributed by atoms with van der Waals surface area (Å²) in [6.07, 6.45) is 8.76. The van der Waals surface area contributed by atoms with Crippen molar-refractivity contribution in [3.05, 3.63) is 217 Å². The molecule has 0 saturated heterocycles. The molecule has 0 bridgehead atoms. The van der Waals surface area contributed by atoms with E-state index in [2.05, 4.69) is 104 Å². The van der Waals surface area contributed by atoms with Crippen LogP contribution in [0.5, 0.6) is 0 Å². The molecule has 0 aliphatic rings. The standard InChI is InChI=1S/C34H36F2.C21H17F2I.C13H21BO2.CH4/c1-6-8-25-9-11-26(12-10-25)27-13-15-28(16-14-27)30-17-18-31(34(36)33(30)35)29-20-23(4)32(24(5)21-29)19-22(3)7-2;1-2-3-14-4-6-15(7-5-14)16-8-10-17(11-9-16)18-12-13-19(24)21(23)20(18)22;1-5-9(2)6-13-10(3)7-12(14(15)16)8-11(13)4;/h9-18,20-22H,6-8,19H2,1-5H3;4-13H,2-3H2,1H3;7-9,15-16H,5-6H2,1-4H3;1H4. The van der Waals surface area contributed by atoms with Gasteiger partial charge in [0, 0.05) is 16.7 Å². The highest BCUT2D eigenvalue weighted by atomic mass is 127. The summed E-state index contributed by atoms with van der Waals surface area (Å²) in [5.74, 6) is -1.92. The van der Waals surface area contributed by atoms with Gasteiger partial charge in [0.1, 0.15) is 0 Å². The van der Waals surface area contributed by atoms with E-state index in [1.807, 2.05) is 86.6 Å². The van der Waals surface area contributed by atoms with Crippen molar-refractivity contribution in [1.29, 1.82) is 0 Å². The molecular weight excluding hydrogens is 1070 g/mol. The zero-order valence-electron chi connectivity index (χ0n) is 46.0. The van der Waals surface area contributed by atoms with Gasteiger partial charge in [-0.1, -0.05) is 214 Å². The Morgan fingerprint density at radius 2 is 0.714 bits per heavy atom. The monoisotopic (exact) mass is 1150 g/mol. The fraction of sp³-hybridized carbons (Fsp3) is 0.304. The van der Waals surface area contributed by atoms with E-state index in [0.29, 0.717) is 34.0 Å². The van der Waals surface area contributed by atoms with Gasteiger partial charge in [0.05, 0.1) is 3.57 Å². The minimum absolute atomic E-state index is 0. The molecule has 404 valence electrons. The number of rotatable bonds is 16. The molecule has 0 aliphatic carbocycles. The Morgan fingerprint density at radius 3 is 1.05 bits per heavy atom. The summed E-state index contributed by atoms with van der Waals surface area (Å²) in [5, 5.41) is 18.3. The van der Waals surface area contributed by atoms with E-state index in [1.54, 1.807) is 46.9 Å². The first kappa shape index (κ1) is 62.0. The van der Waals surface area contributed by atoms with Crippen LogP contribution in [0.4, 0.5) is 17.6 Å².